The first-order valence-corrected chi connectivity index (χ1v) is 9.98. The van der Waals surface area contributed by atoms with E-state index in [0.29, 0.717) is 11.1 Å². The number of benzene rings is 2. The summed E-state index contributed by atoms with van der Waals surface area (Å²) in [4.78, 5) is 39.4. The number of sulfone groups is 1. The van der Waals surface area contributed by atoms with E-state index >= 15 is 0 Å². The van der Waals surface area contributed by atoms with Crippen molar-refractivity contribution in [1.29, 1.82) is 0 Å². The molecule has 0 spiro atoms. The van der Waals surface area contributed by atoms with E-state index in [2.05, 4.69) is 10.3 Å². The first-order valence-electron chi connectivity index (χ1n) is 8.09. The number of carbonyl (C=O) groups excluding carboxylic acids is 1. The molecule has 27 heavy (non-hydrogen) atoms. The largest absolute Gasteiger partial charge is 0.328 e. The Morgan fingerprint density at radius 1 is 1.15 bits per heavy atom. The molecule has 9 heteroatoms. The standard InChI is InChI=1S/C18H17N3O5S/c1-3-21-17(23)14-8-7-11(9-15(14)20-18(21)24)16(22)19-12-5-4-6-13(10-12)27(2,25)26/h4-10H,3H2,1-2H3,(H,19,22)(H,20,24). The molecular formula is C18H17N3O5S. The van der Waals surface area contributed by atoms with Gasteiger partial charge >= 0.3 is 5.69 Å². The first kappa shape index (κ1) is 18.6. The van der Waals surface area contributed by atoms with Crippen LogP contribution >= 0.6 is 0 Å². The van der Waals surface area contributed by atoms with Gasteiger partial charge in [0.15, 0.2) is 9.84 Å². The van der Waals surface area contributed by atoms with E-state index in [1.54, 1.807) is 13.0 Å². The number of rotatable bonds is 4. The number of aromatic nitrogens is 2. The van der Waals surface area contributed by atoms with E-state index < -0.39 is 27.0 Å². The molecule has 8 nitrogen and oxygen atoms in total. The van der Waals surface area contributed by atoms with E-state index in [1.165, 1.54) is 36.4 Å². The van der Waals surface area contributed by atoms with E-state index in [0.717, 1.165) is 10.8 Å². The molecule has 0 atom stereocenters. The van der Waals surface area contributed by atoms with E-state index in [1.807, 2.05) is 0 Å². The van der Waals surface area contributed by atoms with Gasteiger partial charge in [-0.05, 0) is 43.3 Å². The molecule has 0 aliphatic carbocycles. The third kappa shape index (κ3) is 3.68. The number of carbonyl (C=O) groups is 1. The predicted molar refractivity (Wildman–Crippen MR) is 102 cm³/mol. The van der Waals surface area contributed by atoms with Crippen LogP contribution in [0.5, 0.6) is 0 Å². The first-order chi connectivity index (χ1) is 12.7. The van der Waals surface area contributed by atoms with Gasteiger partial charge in [0.25, 0.3) is 11.5 Å². The van der Waals surface area contributed by atoms with E-state index in [-0.39, 0.29) is 22.5 Å². The minimum Gasteiger partial charge on any atom is -0.322 e. The highest BCUT2D eigenvalue weighted by molar-refractivity contribution is 7.90. The Morgan fingerprint density at radius 2 is 1.89 bits per heavy atom. The van der Waals surface area contributed by atoms with Crippen LogP contribution in [0.15, 0.2) is 56.9 Å². The average Bonchev–Trinajstić information content (AvgIpc) is 2.61. The SMILES string of the molecule is CCn1c(=O)[nH]c2cc(C(=O)Nc3cccc(S(C)(=O)=O)c3)ccc2c1=O. The Morgan fingerprint density at radius 3 is 2.56 bits per heavy atom. The number of aromatic amines is 1. The molecule has 0 aliphatic heterocycles. The summed E-state index contributed by atoms with van der Waals surface area (Å²) >= 11 is 0. The van der Waals surface area contributed by atoms with Crippen molar-refractivity contribution >= 4 is 32.3 Å². The Labute approximate surface area is 154 Å². The van der Waals surface area contributed by atoms with Crippen LogP contribution in [0.4, 0.5) is 5.69 Å². The van der Waals surface area contributed by atoms with Gasteiger partial charge in [-0.3, -0.25) is 14.2 Å². The van der Waals surface area contributed by atoms with Crippen LogP contribution in [0.3, 0.4) is 0 Å². The summed E-state index contributed by atoms with van der Waals surface area (Å²) in [6, 6.07) is 10.2. The van der Waals surface area contributed by atoms with Crippen LogP contribution in [0.1, 0.15) is 17.3 Å². The van der Waals surface area contributed by atoms with Gasteiger partial charge < -0.3 is 10.3 Å². The van der Waals surface area contributed by atoms with Crippen molar-refractivity contribution in [2.45, 2.75) is 18.4 Å². The molecule has 3 aromatic rings. The van der Waals surface area contributed by atoms with Crippen LogP contribution in [-0.4, -0.2) is 30.1 Å². The van der Waals surface area contributed by atoms with Crippen molar-refractivity contribution in [3.8, 4) is 0 Å². The second-order valence-electron chi connectivity index (χ2n) is 5.99. The summed E-state index contributed by atoms with van der Waals surface area (Å²) in [5.41, 5.74) is -0.181. The van der Waals surface area contributed by atoms with Gasteiger partial charge in [0.2, 0.25) is 0 Å². The van der Waals surface area contributed by atoms with Gasteiger partial charge in [0, 0.05) is 24.1 Å². The van der Waals surface area contributed by atoms with E-state index in [9.17, 15) is 22.8 Å². The molecule has 0 unspecified atom stereocenters. The molecule has 0 bridgehead atoms. The normalized spacial score (nSPS) is 11.5. The average molecular weight is 387 g/mol. The number of hydrogen-bond donors (Lipinski definition) is 2. The lowest BCUT2D eigenvalue weighted by Gasteiger charge is -2.08. The summed E-state index contributed by atoms with van der Waals surface area (Å²) in [6.45, 7) is 1.93. The zero-order valence-electron chi connectivity index (χ0n) is 14.6. The van der Waals surface area contributed by atoms with Gasteiger partial charge in [-0.25, -0.2) is 13.2 Å². The molecule has 2 N–H and O–H groups in total. The number of amides is 1. The van der Waals surface area contributed by atoms with Crippen molar-refractivity contribution < 1.29 is 13.2 Å². The smallest absolute Gasteiger partial charge is 0.322 e. The summed E-state index contributed by atoms with van der Waals surface area (Å²) in [7, 11) is -3.40. The van der Waals surface area contributed by atoms with Crippen LogP contribution in [-0.2, 0) is 16.4 Å². The quantitative estimate of drug-likeness (QED) is 0.701. The van der Waals surface area contributed by atoms with Gasteiger partial charge in [0.05, 0.1) is 15.8 Å². The highest BCUT2D eigenvalue weighted by Gasteiger charge is 2.13. The molecule has 0 radical (unpaired) electrons. The highest BCUT2D eigenvalue weighted by atomic mass is 32.2. The second-order valence-corrected chi connectivity index (χ2v) is 8.01. The van der Waals surface area contributed by atoms with Gasteiger partial charge in [-0.15, -0.1) is 0 Å². The number of hydrogen-bond acceptors (Lipinski definition) is 5. The Balaban J connectivity index is 1.97. The number of fused-ring (bicyclic) bond motifs is 1. The summed E-state index contributed by atoms with van der Waals surface area (Å²) < 4.78 is 24.3. The molecule has 0 saturated carbocycles. The van der Waals surface area contributed by atoms with Crippen molar-refractivity contribution in [3.63, 3.8) is 0 Å². The lowest BCUT2D eigenvalue weighted by Crippen LogP contribution is -2.34. The zero-order chi connectivity index (χ0) is 19.8. The number of nitrogens with zero attached hydrogens (tertiary/aromatic N) is 1. The second kappa shape index (κ2) is 6.84. The molecule has 140 valence electrons. The fourth-order valence-corrected chi connectivity index (χ4v) is 3.36. The molecule has 0 aliphatic rings. The van der Waals surface area contributed by atoms with Gasteiger partial charge in [0.1, 0.15) is 0 Å². The third-order valence-corrected chi connectivity index (χ3v) is 5.19. The number of nitrogens with one attached hydrogen (secondary N) is 2. The predicted octanol–water partition coefficient (Wildman–Crippen LogP) is 1.37. The van der Waals surface area contributed by atoms with Gasteiger partial charge in [-0.1, -0.05) is 6.07 Å². The molecule has 1 heterocycles. The molecule has 3 rings (SSSR count). The molecule has 1 amide bonds. The van der Waals surface area contributed by atoms with Crippen LogP contribution in [0.2, 0.25) is 0 Å². The maximum Gasteiger partial charge on any atom is 0.328 e. The number of anilines is 1. The maximum atomic E-state index is 12.5. The fourth-order valence-electron chi connectivity index (χ4n) is 2.69. The zero-order valence-corrected chi connectivity index (χ0v) is 15.5. The van der Waals surface area contributed by atoms with Crippen molar-refractivity contribution in [2.24, 2.45) is 0 Å². The van der Waals surface area contributed by atoms with Crippen molar-refractivity contribution in [2.75, 3.05) is 11.6 Å². The molecule has 2 aromatic carbocycles. The molecular weight excluding hydrogens is 370 g/mol. The maximum absolute atomic E-state index is 12.5. The van der Waals surface area contributed by atoms with Gasteiger partial charge in [-0.2, -0.15) is 0 Å². The van der Waals surface area contributed by atoms with E-state index in [4.69, 9.17) is 0 Å². The van der Waals surface area contributed by atoms with Crippen LogP contribution < -0.4 is 16.6 Å². The van der Waals surface area contributed by atoms with Crippen LogP contribution in [0, 0.1) is 0 Å². The van der Waals surface area contributed by atoms with Crippen molar-refractivity contribution in [3.05, 3.63) is 68.9 Å². The molecule has 1 aromatic heterocycles. The Hall–Kier alpha value is -3.20. The van der Waals surface area contributed by atoms with Crippen molar-refractivity contribution in [1.82, 2.24) is 9.55 Å². The minimum absolute atomic E-state index is 0.0864. The minimum atomic E-state index is -3.40. The molecule has 0 saturated heterocycles. The topological polar surface area (TPSA) is 118 Å². The van der Waals surface area contributed by atoms with Crippen LogP contribution in [0.25, 0.3) is 10.9 Å². The summed E-state index contributed by atoms with van der Waals surface area (Å²) in [6.07, 6.45) is 1.08. The Kier molecular flexibility index (Phi) is 4.71. The summed E-state index contributed by atoms with van der Waals surface area (Å²) in [5.74, 6) is -0.497. The lowest BCUT2D eigenvalue weighted by molar-refractivity contribution is 0.102. The third-order valence-electron chi connectivity index (χ3n) is 4.08. The number of H-pyrrole nitrogens is 1. The Bertz CT molecular complexity index is 1270. The highest BCUT2D eigenvalue weighted by Crippen LogP contribution is 2.17. The lowest BCUT2D eigenvalue weighted by atomic mass is 10.1. The molecule has 0 fully saturated rings. The summed E-state index contributed by atoms with van der Waals surface area (Å²) in [5, 5.41) is 2.91. The monoisotopic (exact) mass is 387 g/mol. The fraction of sp³-hybridized carbons (Fsp3) is 0.167.